The third-order valence-electron chi connectivity index (χ3n) is 4.99. The second-order valence-electron chi connectivity index (χ2n) is 7.08. The number of carboxylic acid groups (broad SMARTS) is 1. The number of nitrogens with one attached hydrogen (secondary N) is 1. The minimum Gasteiger partial charge on any atom is -0.485 e. The van der Waals surface area contributed by atoms with Crippen molar-refractivity contribution in [1.29, 1.82) is 0 Å². The molecule has 2 aromatic rings. The number of piperidine rings is 1. The highest BCUT2D eigenvalue weighted by Crippen LogP contribution is 2.45. The van der Waals surface area contributed by atoms with Gasteiger partial charge >= 0.3 is 12.1 Å². The van der Waals surface area contributed by atoms with Gasteiger partial charge in [-0.15, -0.1) is 0 Å². The summed E-state index contributed by atoms with van der Waals surface area (Å²) in [6, 6.07) is 10.7. The molecule has 1 atom stereocenters. The number of alkyl halides is 3. The van der Waals surface area contributed by atoms with E-state index in [0.717, 1.165) is 31.5 Å². The van der Waals surface area contributed by atoms with Crippen LogP contribution < -0.4 is 14.8 Å². The van der Waals surface area contributed by atoms with E-state index in [1.54, 1.807) is 6.07 Å². The van der Waals surface area contributed by atoms with Crippen LogP contribution in [-0.2, 0) is 4.79 Å². The van der Waals surface area contributed by atoms with Crippen LogP contribution in [0.2, 0.25) is 5.02 Å². The lowest BCUT2D eigenvalue weighted by molar-refractivity contribution is -0.192. The van der Waals surface area contributed by atoms with Gasteiger partial charge in [0.25, 0.3) is 0 Å². The quantitative estimate of drug-likeness (QED) is 0.610. The minimum absolute atomic E-state index is 0.178. The molecule has 31 heavy (non-hydrogen) atoms. The van der Waals surface area contributed by atoms with Gasteiger partial charge in [-0.2, -0.15) is 13.2 Å². The fourth-order valence-electron chi connectivity index (χ4n) is 3.48. The van der Waals surface area contributed by atoms with E-state index in [4.69, 9.17) is 31.0 Å². The molecule has 0 radical (unpaired) electrons. The van der Waals surface area contributed by atoms with Crippen LogP contribution in [0.1, 0.15) is 36.0 Å². The maximum absolute atomic E-state index is 14.5. The highest BCUT2D eigenvalue weighted by atomic mass is 35.5. The molecule has 168 valence electrons. The fraction of sp³-hybridized carbons (Fsp3) is 0.381. The van der Waals surface area contributed by atoms with E-state index in [0.29, 0.717) is 28.7 Å². The predicted molar refractivity (Wildman–Crippen MR) is 105 cm³/mol. The molecule has 4 rings (SSSR count). The van der Waals surface area contributed by atoms with Crippen LogP contribution in [0.4, 0.5) is 17.6 Å². The Balaban J connectivity index is 0.000000339. The van der Waals surface area contributed by atoms with Crippen LogP contribution in [0.25, 0.3) is 0 Å². The number of benzene rings is 2. The molecule has 2 N–H and O–H groups in total. The fourth-order valence-corrected chi connectivity index (χ4v) is 3.60. The number of rotatable bonds is 2. The maximum atomic E-state index is 14.5. The monoisotopic (exact) mass is 461 g/mol. The van der Waals surface area contributed by atoms with E-state index in [-0.39, 0.29) is 17.8 Å². The number of hydrogen-bond donors (Lipinski definition) is 2. The highest BCUT2D eigenvalue weighted by Gasteiger charge is 2.38. The van der Waals surface area contributed by atoms with Gasteiger partial charge in [0.2, 0.25) is 0 Å². The molecule has 0 amide bonds. The number of carboxylic acids is 1. The molecule has 0 bridgehead atoms. The normalized spacial score (nSPS) is 18.7. The third kappa shape index (κ3) is 5.80. The molecule has 0 unspecified atom stereocenters. The molecule has 0 aliphatic carbocycles. The van der Waals surface area contributed by atoms with Crippen molar-refractivity contribution >= 4 is 17.6 Å². The average molecular weight is 462 g/mol. The molecule has 0 saturated carbocycles. The second-order valence-corrected chi connectivity index (χ2v) is 7.52. The van der Waals surface area contributed by atoms with Gasteiger partial charge in [0.1, 0.15) is 12.4 Å². The maximum Gasteiger partial charge on any atom is 0.490 e. The van der Waals surface area contributed by atoms with Crippen molar-refractivity contribution in [3.8, 4) is 11.5 Å². The topological polar surface area (TPSA) is 67.8 Å². The SMILES string of the molecule is Fc1ccc2c(c1C1CCNCC1)OC[C@@H](c1ccc(Cl)cc1)O2.O=C(O)C(F)(F)F. The van der Waals surface area contributed by atoms with E-state index >= 15 is 0 Å². The number of halogens is 5. The predicted octanol–water partition coefficient (Wildman–Crippen LogP) is 5.09. The number of hydrogen-bond acceptors (Lipinski definition) is 4. The van der Waals surface area contributed by atoms with E-state index in [9.17, 15) is 17.6 Å². The van der Waals surface area contributed by atoms with Gasteiger partial charge in [0.15, 0.2) is 17.6 Å². The molecule has 1 saturated heterocycles. The summed E-state index contributed by atoms with van der Waals surface area (Å²) in [6.45, 7) is 2.18. The lowest BCUT2D eigenvalue weighted by Gasteiger charge is -2.31. The van der Waals surface area contributed by atoms with Gasteiger partial charge < -0.3 is 19.9 Å². The Labute approximate surface area is 180 Å². The smallest absolute Gasteiger partial charge is 0.485 e. The van der Waals surface area contributed by atoms with Crippen molar-refractivity contribution in [3.63, 3.8) is 0 Å². The third-order valence-corrected chi connectivity index (χ3v) is 5.24. The zero-order valence-electron chi connectivity index (χ0n) is 16.2. The van der Waals surface area contributed by atoms with Crippen molar-refractivity contribution in [2.75, 3.05) is 19.7 Å². The number of aliphatic carboxylic acids is 1. The van der Waals surface area contributed by atoms with Crippen LogP contribution in [0.3, 0.4) is 0 Å². The summed E-state index contributed by atoms with van der Waals surface area (Å²) < 4.78 is 58.3. The molecule has 2 aliphatic heterocycles. The number of ether oxygens (including phenoxy) is 2. The van der Waals surface area contributed by atoms with Crippen LogP contribution in [0.15, 0.2) is 36.4 Å². The lowest BCUT2D eigenvalue weighted by Crippen LogP contribution is -2.28. The lowest BCUT2D eigenvalue weighted by atomic mass is 9.88. The van der Waals surface area contributed by atoms with E-state index in [2.05, 4.69) is 5.32 Å². The Kier molecular flexibility index (Phi) is 7.27. The van der Waals surface area contributed by atoms with Gasteiger partial charge in [-0.05, 0) is 61.7 Å². The molecule has 10 heteroatoms. The Hall–Kier alpha value is -2.52. The van der Waals surface area contributed by atoms with Gasteiger partial charge in [0.05, 0.1) is 0 Å². The summed E-state index contributed by atoms with van der Waals surface area (Å²) in [5.74, 6) is -1.58. The summed E-state index contributed by atoms with van der Waals surface area (Å²) in [7, 11) is 0. The molecule has 2 aliphatic rings. The molecule has 5 nitrogen and oxygen atoms in total. The van der Waals surface area contributed by atoms with Gasteiger partial charge in [-0.1, -0.05) is 23.7 Å². The molecular weight excluding hydrogens is 442 g/mol. The highest BCUT2D eigenvalue weighted by molar-refractivity contribution is 6.30. The first-order valence-electron chi connectivity index (χ1n) is 9.55. The van der Waals surface area contributed by atoms with Gasteiger partial charge in [-0.25, -0.2) is 9.18 Å². The van der Waals surface area contributed by atoms with E-state index in [1.165, 1.54) is 6.07 Å². The standard InChI is InChI=1S/C19H19ClFNO2.C2HF3O2/c20-14-3-1-12(2-4-14)17-11-23-19-16(24-17)6-5-15(21)18(19)13-7-9-22-10-8-13;3-2(4,5)1(6)7/h1-6,13,17,22H,7-11H2;(H,6,7)/t17-;/m0./s1. The van der Waals surface area contributed by atoms with Gasteiger partial charge in [0, 0.05) is 10.6 Å². The second kappa shape index (κ2) is 9.74. The Bertz CT molecular complexity index is 915. The molecule has 2 heterocycles. The largest absolute Gasteiger partial charge is 0.490 e. The minimum atomic E-state index is -5.08. The first-order valence-corrected chi connectivity index (χ1v) is 9.92. The van der Waals surface area contributed by atoms with Crippen molar-refractivity contribution in [2.24, 2.45) is 0 Å². The molecule has 1 fully saturated rings. The zero-order chi connectivity index (χ0) is 22.6. The van der Waals surface area contributed by atoms with Crippen molar-refractivity contribution in [1.82, 2.24) is 5.32 Å². The van der Waals surface area contributed by atoms with E-state index in [1.807, 2.05) is 24.3 Å². The van der Waals surface area contributed by atoms with Crippen LogP contribution in [-0.4, -0.2) is 36.9 Å². The summed E-state index contributed by atoms with van der Waals surface area (Å²) in [4.78, 5) is 8.90. The van der Waals surface area contributed by atoms with Crippen molar-refractivity contribution < 1.29 is 36.9 Å². The van der Waals surface area contributed by atoms with Gasteiger partial charge in [-0.3, -0.25) is 0 Å². The van der Waals surface area contributed by atoms with E-state index < -0.39 is 12.1 Å². The zero-order valence-corrected chi connectivity index (χ0v) is 17.0. The molecule has 0 aromatic heterocycles. The Morgan fingerprint density at radius 2 is 1.71 bits per heavy atom. The van der Waals surface area contributed by atoms with Crippen molar-refractivity contribution in [3.05, 3.63) is 58.4 Å². The summed E-state index contributed by atoms with van der Waals surface area (Å²) in [5, 5.41) is 11.1. The Morgan fingerprint density at radius 1 is 1.10 bits per heavy atom. The molecule has 2 aromatic carbocycles. The molecular formula is C21H20ClF4NO4. The summed E-state index contributed by atoms with van der Waals surface area (Å²) in [6.07, 6.45) is -3.46. The van der Waals surface area contributed by atoms with Crippen molar-refractivity contribution in [2.45, 2.75) is 31.0 Å². The first-order chi connectivity index (χ1) is 14.7. The summed E-state index contributed by atoms with van der Waals surface area (Å²) in [5.41, 5.74) is 1.67. The number of carbonyl (C=O) groups is 1. The average Bonchev–Trinajstić information content (AvgIpc) is 2.74. The molecule has 0 spiro atoms. The Morgan fingerprint density at radius 3 is 2.29 bits per heavy atom. The first kappa shape index (κ1) is 23.1. The summed E-state index contributed by atoms with van der Waals surface area (Å²) >= 11 is 5.94. The van der Waals surface area contributed by atoms with Crippen LogP contribution in [0.5, 0.6) is 11.5 Å². The van der Waals surface area contributed by atoms with Crippen LogP contribution >= 0.6 is 11.6 Å². The van der Waals surface area contributed by atoms with Crippen LogP contribution in [0, 0.1) is 5.82 Å². The number of fused-ring (bicyclic) bond motifs is 1.